The largest absolute Gasteiger partial charge is 0.379 e. The molecule has 0 spiro atoms. The first-order chi connectivity index (χ1) is 15.6. The standard InChI is InChI=1S/C25H41N5O2/c1-20(2)17-23(29-13-15-32-16-14-29)18-28-25(26-3)27-11-6-9-24(31)30-12-10-21-7-4-5-8-22(21)19-30/h4-5,7-8,20,23H,6,9-19H2,1-3H3,(H2,26,27,28). The Kier molecular flexibility index (Phi) is 9.81. The Labute approximate surface area is 193 Å². The fourth-order valence-electron chi connectivity index (χ4n) is 4.60. The lowest BCUT2D eigenvalue weighted by Crippen LogP contribution is -2.51. The second kappa shape index (κ2) is 12.8. The molecule has 0 radical (unpaired) electrons. The Morgan fingerprint density at radius 1 is 1.12 bits per heavy atom. The van der Waals surface area contributed by atoms with Gasteiger partial charge in [0, 0.05) is 58.8 Å². The molecule has 2 aliphatic heterocycles. The Bertz CT molecular complexity index is 746. The summed E-state index contributed by atoms with van der Waals surface area (Å²) in [5.41, 5.74) is 2.66. The maximum absolute atomic E-state index is 12.7. The molecule has 2 aliphatic rings. The first kappa shape index (κ1) is 24.5. The molecule has 7 nitrogen and oxygen atoms in total. The number of morpholine rings is 1. The van der Waals surface area contributed by atoms with E-state index < -0.39 is 0 Å². The second-order valence-corrected chi connectivity index (χ2v) is 9.25. The van der Waals surface area contributed by atoms with Crippen LogP contribution in [0.3, 0.4) is 0 Å². The van der Waals surface area contributed by atoms with Crippen LogP contribution in [0, 0.1) is 5.92 Å². The third-order valence-electron chi connectivity index (χ3n) is 6.38. The van der Waals surface area contributed by atoms with Crippen molar-refractivity contribution in [1.82, 2.24) is 20.4 Å². The first-order valence-corrected chi connectivity index (χ1v) is 12.2. The highest BCUT2D eigenvalue weighted by Crippen LogP contribution is 2.19. The Hall–Kier alpha value is -2.12. The minimum atomic E-state index is 0.244. The summed E-state index contributed by atoms with van der Waals surface area (Å²) in [5.74, 6) is 1.70. The van der Waals surface area contributed by atoms with Crippen LogP contribution in [0.2, 0.25) is 0 Å². The van der Waals surface area contributed by atoms with Gasteiger partial charge in [0.2, 0.25) is 5.91 Å². The lowest BCUT2D eigenvalue weighted by Gasteiger charge is -2.35. The molecule has 32 heavy (non-hydrogen) atoms. The van der Waals surface area contributed by atoms with Crippen molar-refractivity contribution < 1.29 is 9.53 Å². The molecular formula is C25H41N5O2. The normalized spacial score (nSPS) is 18.4. The SMILES string of the molecule is CN=C(NCCCC(=O)N1CCc2ccccc2C1)NCC(CC(C)C)N1CCOCC1. The molecule has 2 N–H and O–H groups in total. The zero-order valence-electron chi connectivity index (χ0n) is 20.1. The number of carbonyl (C=O) groups excluding carboxylic acids is 1. The molecule has 0 bridgehead atoms. The van der Waals surface area contributed by atoms with Crippen LogP contribution < -0.4 is 10.6 Å². The van der Waals surface area contributed by atoms with E-state index in [4.69, 9.17) is 4.74 Å². The third kappa shape index (κ3) is 7.48. The van der Waals surface area contributed by atoms with Crippen LogP contribution in [0.25, 0.3) is 0 Å². The van der Waals surface area contributed by atoms with Crippen molar-refractivity contribution in [2.45, 2.75) is 52.1 Å². The van der Waals surface area contributed by atoms with Gasteiger partial charge < -0.3 is 20.3 Å². The molecule has 1 saturated heterocycles. The number of carbonyl (C=O) groups is 1. The number of amides is 1. The zero-order valence-corrected chi connectivity index (χ0v) is 20.1. The Balaban J connectivity index is 1.37. The minimum Gasteiger partial charge on any atom is -0.379 e. The molecule has 0 saturated carbocycles. The number of nitrogens with zero attached hydrogens (tertiary/aromatic N) is 3. The van der Waals surface area contributed by atoms with Gasteiger partial charge in [-0.05, 0) is 36.3 Å². The zero-order chi connectivity index (χ0) is 22.8. The van der Waals surface area contributed by atoms with Gasteiger partial charge in [0.05, 0.1) is 13.2 Å². The highest BCUT2D eigenvalue weighted by atomic mass is 16.5. The van der Waals surface area contributed by atoms with Crippen LogP contribution in [-0.2, 0) is 22.5 Å². The molecule has 1 fully saturated rings. The van der Waals surface area contributed by atoms with Crippen molar-refractivity contribution in [2.75, 3.05) is 53.0 Å². The third-order valence-corrected chi connectivity index (χ3v) is 6.38. The molecule has 178 valence electrons. The van der Waals surface area contributed by atoms with E-state index >= 15 is 0 Å². The van der Waals surface area contributed by atoms with E-state index in [2.05, 4.69) is 58.6 Å². The molecule has 7 heteroatoms. The van der Waals surface area contributed by atoms with E-state index in [0.717, 1.165) is 77.7 Å². The van der Waals surface area contributed by atoms with Gasteiger partial charge >= 0.3 is 0 Å². The Morgan fingerprint density at radius 2 is 1.88 bits per heavy atom. The van der Waals surface area contributed by atoms with Gasteiger partial charge in [0.1, 0.15) is 0 Å². The van der Waals surface area contributed by atoms with Gasteiger partial charge in [-0.15, -0.1) is 0 Å². The van der Waals surface area contributed by atoms with Gasteiger partial charge in [-0.2, -0.15) is 0 Å². The molecule has 2 heterocycles. The number of nitrogens with one attached hydrogen (secondary N) is 2. The summed E-state index contributed by atoms with van der Waals surface area (Å²) in [7, 11) is 1.80. The fraction of sp³-hybridized carbons (Fsp3) is 0.680. The van der Waals surface area contributed by atoms with Crippen LogP contribution in [0.5, 0.6) is 0 Å². The van der Waals surface area contributed by atoms with Crippen LogP contribution in [-0.4, -0.2) is 80.7 Å². The molecule has 1 amide bonds. The van der Waals surface area contributed by atoms with Gasteiger partial charge in [0.25, 0.3) is 0 Å². The van der Waals surface area contributed by atoms with E-state index in [0.29, 0.717) is 18.4 Å². The molecule has 0 aromatic heterocycles. The van der Waals surface area contributed by atoms with E-state index in [1.807, 2.05) is 4.90 Å². The van der Waals surface area contributed by atoms with Gasteiger partial charge in [-0.3, -0.25) is 14.7 Å². The van der Waals surface area contributed by atoms with Crippen molar-refractivity contribution >= 4 is 11.9 Å². The number of hydrogen-bond acceptors (Lipinski definition) is 4. The summed E-state index contributed by atoms with van der Waals surface area (Å²) in [4.78, 5) is 21.5. The van der Waals surface area contributed by atoms with Crippen LogP contribution in [0.4, 0.5) is 0 Å². The summed E-state index contributed by atoms with van der Waals surface area (Å²) in [6.07, 6.45) is 3.47. The first-order valence-electron chi connectivity index (χ1n) is 12.2. The minimum absolute atomic E-state index is 0.244. The number of ether oxygens (including phenoxy) is 1. The maximum Gasteiger partial charge on any atom is 0.222 e. The van der Waals surface area contributed by atoms with Gasteiger partial charge in [-0.1, -0.05) is 38.1 Å². The second-order valence-electron chi connectivity index (χ2n) is 9.25. The number of guanidine groups is 1. The molecule has 1 atom stereocenters. The topological polar surface area (TPSA) is 69.2 Å². The number of rotatable bonds is 9. The smallest absolute Gasteiger partial charge is 0.222 e. The highest BCUT2D eigenvalue weighted by Gasteiger charge is 2.22. The summed E-state index contributed by atoms with van der Waals surface area (Å²) >= 11 is 0. The number of hydrogen-bond donors (Lipinski definition) is 2. The summed E-state index contributed by atoms with van der Waals surface area (Å²) in [6, 6.07) is 8.91. The summed E-state index contributed by atoms with van der Waals surface area (Å²) in [6.45, 7) is 11.3. The van der Waals surface area contributed by atoms with Crippen molar-refractivity contribution in [2.24, 2.45) is 10.9 Å². The molecule has 0 aliphatic carbocycles. The van der Waals surface area contributed by atoms with Crippen molar-refractivity contribution in [1.29, 1.82) is 0 Å². The molecule has 1 aromatic rings. The monoisotopic (exact) mass is 443 g/mol. The molecular weight excluding hydrogens is 402 g/mol. The van der Waals surface area contributed by atoms with Gasteiger partial charge in [0.15, 0.2) is 5.96 Å². The highest BCUT2D eigenvalue weighted by molar-refractivity contribution is 5.80. The number of fused-ring (bicyclic) bond motifs is 1. The predicted octanol–water partition coefficient (Wildman–Crippen LogP) is 2.26. The van der Waals surface area contributed by atoms with E-state index in [1.54, 1.807) is 7.05 Å². The Morgan fingerprint density at radius 3 is 2.59 bits per heavy atom. The van der Waals surface area contributed by atoms with Crippen molar-refractivity contribution in [3.63, 3.8) is 0 Å². The van der Waals surface area contributed by atoms with Crippen molar-refractivity contribution in [3.8, 4) is 0 Å². The lowest BCUT2D eigenvalue weighted by atomic mass is 9.99. The van der Waals surface area contributed by atoms with E-state index in [9.17, 15) is 4.79 Å². The molecule has 1 unspecified atom stereocenters. The van der Waals surface area contributed by atoms with Crippen LogP contribution in [0.15, 0.2) is 29.3 Å². The summed E-state index contributed by atoms with van der Waals surface area (Å²) < 4.78 is 5.52. The van der Waals surface area contributed by atoms with E-state index in [-0.39, 0.29) is 5.91 Å². The average molecular weight is 444 g/mol. The van der Waals surface area contributed by atoms with Gasteiger partial charge in [-0.25, -0.2) is 0 Å². The quantitative estimate of drug-likeness (QED) is 0.348. The number of benzene rings is 1. The number of aliphatic imine (C=N–C) groups is 1. The van der Waals surface area contributed by atoms with Crippen LogP contribution in [0.1, 0.15) is 44.2 Å². The fourth-order valence-corrected chi connectivity index (χ4v) is 4.60. The van der Waals surface area contributed by atoms with Crippen molar-refractivity contribution in [3.05, 3.63) is 35.4 Å². The molecule has 3 rings (SSSR count). The van der Waals surface area contributed by atoms with E-state index in [1.165, 1.54) is 11.1 Å². The average Bonchev–Trinajstić information content (AvgIpc) is 2.82. The predicted molar refractivity (Wildman–Crippen MR) is 130 cm³/mol. The lowest BCUT2D eigenvalue weighted by molar-refractivity contribution is -0.132. The maximum atomic E-state index is 12.7. The summed E-state index contributed by atoms with van der Waals surface area (Å²) in [5, 5.41) is 6.88. The van der Waals surface area contributed by atoms with Crippen LogP contribution >= 0.6 is 0 Å². The molecule has 1 aromatic carbocycles.